The summed E-state index contributed by atoms with van der Waals surface area (Å²) < 4.78 is 17.8. The largest absolute Gasteiger partial charge is 0.464 e. The van der Waals surface area contributed by atoms with Gasteiger partial charge in [0.25, 0.3) is 0 Å². The van der Waals surface area contributed by atoms with Crippen molar-refractivity contribution in [1.29, 1.82) is 5.53 Å². The van der Waals surface area contributed by atoms with Gasteiger partial charge >= 0.3 is 17.9 Å². The first kappa shape index (κ1) is 52.9. The van der Waals surface area contributed by atoms with Crippen LogP contribution in [-0.2, 0) is 28.6 Å². The highest BCUT2D eigenvalue weighted by Gasteiger charge is 2.18. The second kappa shape index (κ2) is 40.1. The predicted molar refractivity (Wildman–Crippen MR) is 235 cm³/mol. The van der Waals surface area contributed by atoms with E-state index in [4.69, 9.17) is 25.6 Å². The minimum absolute atomic E-state index is 0.172. The third kappa shape index (κ3) is 34.2. The maximum atomic E-state index is 12.7. The molecule has 0 aromatic carbocycles. The van der Waals surface area contributed by atoms with E-state index in [0.29, 0.717) is 64.6 Å². The number of carbonyl (C=O) groups is 3. The van der Waals surface area contributed by atoms with E-state index in [1.165, 1.54) is 77.0 Å². The van der Waals surface area contributed by atoms with Crippen molar-refractivity contribution in [2.24, 2.45) is 16.1 Å². The van der Waals surface area contributed by atoms with Gasteiger partial charge in [-0.1, -0.05) is 79.1 Å². The van der Waals surface area contributed by atoms with Gasteiger partial charge in [-0.3, -0.25) is 14.4 Å². The molecule has 0 aliphatic rings. The Labute approximate surface area is 346 Å². The number of hydrazone groups is 1. The van der Waals surface area contributed by atoms with Gasteiger partial charge in [0.2, 0.25) is 0 Å². The van der Waals surface area contributed by atoms with E-state index < -0.39 is 0 Å². The molecule has 0 saturated carbocycles. The van der Waals surface area contributed by atoms with Crippen LogP contribution in [0.3, 0.4) is 0 Å². The number of amidine groups is 1. The Hall–Kier alpha value is -1.12. The van der Waals surface area contributed by atoms with Crippen molar-refractivity contribution >= 4 is 70.8 Å². The SMILES string of the molecule is CCCCCSC(COC(=O)CCCCC(CCCCC(=O)OCC(SCCCCC)SCCCCC)OC(=O)CCC/C(N=N)=N/N)SCCCCC. The molecule has 0 heterocycles. The number of nitrogens with one attached hydrogen (secondary N) is 1. The summed E-state index contributed by atoms with van der Waals surface area (Å²) >= 11 is 7.64. The Kier molecular flexibility index (Phi) is 39.3. The molecule has 0 aromatic rings. The number of esters is 3. The van der Waals surface area contributed by atoms with Crippen LogP contribution < -0.4 is 5.84 Å². The molecular weight excluding hydrogens is 761 g/mol. The van der Waals surface area contributed by atoms with E-state index in [-0.39, 0.29) is 45.4 Å². The molecule has 0 bridgehead atoms. The Balaban J connectivity index is 4.88. The fourth-order valence-corrected chi connectivity index (χ4v) is 10.5. The summed E-state index contributed by atoms with van der Waals surface area (Å²) in [5.41, 5.74) is 7.09. The molecule has 3 N–H and O–H groups in total. The highest BCUT2D eigenvalue weighted by atomic mass is 32.2. The van der Waals surface area contributed by atoms with E-state index in [2.05, 4.69) is 37.9 Å². The smallest absolute Gasteiger partial charge is 0.306 e. The Morgan fingerprint density at radius 3 is 1.28 bits per heavy atom. The molecule has 0 atom stereocenters. The van der Waals surface area contributed by atoms with Crippen LogP contribution in [0.25, 0.3) is 0 Å². The van der Waals surface area contributed by atoms with Gasteiger partial charge in [-0.25, -0.2) is 5.53 Å². The molecule has 0 unspecified atom stereocenters. The van der Waals surface area contributed by atoms with Crippen LogP contribution >= 0.6 is 47.0 Å². The molecule has 10 nitrogen and oxygen atoms in total. The van der Waals surface area contributed by atoms with Crippen LogP contribution in [0, 0.1) is 5.53 Å². The lowest BCUT2D eigenvalue weighted by atomic mass is 10.0. The number of ether oxygens (including phenoxy) is 3. The quantitative estimate of drug-likeness (QED) is 0.00700. The van der Waals surface area contributed by atoms with E-state index in [9.17, 15) is 14.4 Å². The van der Waals surface area contributed by atoms with Gasteiger partial charge in [-0.15, -0.1) is 52.2 Å². The zero-order valence-corrected chi connectivity index (χ0v) is 37.6. The molecule has 14 heteroatoms. The normalized spacial score (nSPS) is 11.8. The molecule has 0 amide bonds. The summed E-state index contributed by atoms with van der Waals surface area (Å²) in [5.74, 6) is 9.13. The van der Waals surface area contributed by atoms with E-state index in [1.807, 2.05) is 47.0 Å². The number of rotatable bonds is 39. The maximum Gasteiger partial charge on any atom is 0.306 e. The molecule has 0 fully saturated rings. The van der Waals surface area contributed by atoms with Gasteiger partial charge in [0.1, 0.15) is 19.3 Å². The summed E-state index contributed by atoms with van der Waals surface area (Å²) in [6.45, 7) is 9.73. The average molecular weight is 837 g/mol. The van der Waals surface area contributed by atoms with Crippen LogP contribution in [0.5, 0.6) is 0 Å². The summed E-state index contributed by atoms with van der Waals surface area (Å²) in [6, 6.07) is 0. The van der Waals surface area contributed by atoms with E-state index >= 15 is 0 Å². The van der Waals surface area contributed by atoms with Gasteiger partial charge in [0, 0.05) is 25.7 Å². The monoisotopic (exact) mass is 836 g/mol. The molecule has 0 radical (unpaired) electrons. The van der Waals surface area contributed by atoms with Gasteiger partial charge < -0.3 is 20.1 Å². The number of hydrogen-bond acceptors (Lipinski definition) is 13. The zero-order valence-electron chi connectivity index (χ0n) is 34.3. The number of thioether (sulfide) groups is 4. The first-order chi connectivity index (χ1) is 26.3. The maximum absolute atomic E-state index is 12.7. The van der Waals surface area contributed by atoms with Crippen LogP contribution in [-0.4, -0.2) is 75.2 Å². The lowest BCUT2D eigenvalue weighted by Gasteiger charge is -2.19. The van der Waals surface area contributed by atoms with Crippen LogP contribution in [0.1, 0.15) is 175 Å². The second-order valence-corrected chi connectivity index (χ2v) is 19.5. The second-order valence-electron chi connectivity index (χ2n) is 13.7. The number of nitrogens with zero attached hydrogens (tertiary/aromatic N) is 2. The Bertz CT molecular complexity index is 889. The molecular formula is C40H76N4O6S4. The third-order valence-corrected chi connectivity index (χ3v) is 14.4. The average Bonchev–Trinajstić information content (AvgIpc) is 3.17. The van der Waals surface area contributed by atoms with Gasteiger partial charge in [-0.05, 0) is 93.6 Å². The van der Waals surface area contributed by atoms with Crippen molar-refractivity contribution in [3.05, 3.63) is 0 Å². The number of hydrogen-bond donors (Lipinski definition) is 2. The standard InChI is InChI=1S/C40H76N4O6S4/c1-5-9-17-28-51-39(52-29-18-10-6-2)32-48-36(45)25-15-13-22-34(50-38(47)27-21-24-35(43-41)44-42)23-14-16-26-37(46)49-33-40(53-30-19-11-7-3)54-31-20-12-8-4/h34,39-41H,5-33,42H2,1-4H3/b43-41?,44-35-. The fraction of sp³-hybridized carbons (Fsp3) is 0.900. The predicted octanol–water partition coefficient (Wildman–Crippen LogP) is 11.9. The molecule has 0 aromatic heterocycles. The molecule has 0 spiro atoms. The minimum atomic E-state index is -0.321. The highest BCUT2D eigenvalue weighted by Crippen LogP contribution is 2.28. The number of carbonyl (C=O) groups excluding carboxylic acids is 3. The van der Waals surface area contributed by atoms with Crippen molar-refractivity contribution in [2.75, 3.05) is 36.2 Å². The summed E-state index contributed by atoms with van der Waals surface area (Å²) in [7, 11) is 0. The Morgan fingerprint density at radius 2 is 0.926 bits per heavy atom. The van der Waals surface area contributed by atoms with Crippen molar-refractivity contribution in [2.45, 2.75) is 191 Å². The van der Waals surface area contributed by atoms with Crippen LogP contribution in [0.15, 0.2) is 10.2 Å². The van der Waals surface area contributed by atoms with Crippen molar-refractivity contribution in [3.63, 3.8) is 0 Å². The summed E-state index contributed by atoms with van der Waals surface area (Å²) in [5, 5.41) is 6.71. The van der Waals surface area contributed by atoms with E-state index in [1.54, 1.807) is 0 Å². The summed E-state index contributed by atoms with van der Waals surface area (Å²) in [4.78, 5) is 38.0. The van der Waals surface area contributed by atoms with Crippen molar-refractivity contribution < 1.29 is 28.6 Å². The fourth-order valence-electron chi connectivity index (χ4n) is 5.35. The summed E-state index contributed by atoms with van der Waals surface area (Å²) in [6.07, 6.45) is 19.8. The molecule has 0 saturated heterocycles. The van der Waals surface area contributed by atoms with Crippen molar-refractivity contribution in [1.82, 2.24) is 0 Å². The van der Waals surface area contributed by atoms with Gasteiger partial charge in [0.05, 0.1) is 9.16 Å². The van der Waals surface area contributed by atoms with Crippen molar-refractivity contribution in [3.8, 4) is 0 Å². The highest BCUT2D eigenvalue weighted by molar-refractivity contribution is 8.17. The lowest BCUT2D eigenvalue weighted by Crippen LogP contribution is -2.19. The first-order valence-electron chi connectivity index (χ1n) is 20.9. The first-order valence-corrected chi connectivity index (χ1v) is 25.1. The molecule has 316 valence electrons. The van der Waals surface area contributed by atoms with Gasteiger partial charge in [-0.2, -0.15) is 5.10 Å². The zero-order chi connectivity index (χ0) is 39.9. The van der Waals surface area contributed by atoms with Crippen LogP contribution in [0.4, 0.5) is 0 Å². The third-order valence-electron chi connectivity index (χ3n) is 8.64. The number of nitrogens with two attached hydrogens (primary N) is 1. The Morgan fingerprint density at radius 1 is 0.537 bits per heavy atom. The van der Waals surface area contributed by atoms with E-state index in [0.717, 1.165) is 35.9 Å². The molecule has 0 rings (SSSR count). The number of unbranched alkanes of at least 4 members (excludes halogenated alkanes) is 10. The van der Waals surface area contributed by atoms with Crippen LogP contribution in [0.2, 0.25) is 0 Å². The molecule has 0 aliphatic carbocycles. The minimum Gasteiger partial charge on any atom is -0.464 e. The lowest BCUT2D eigenvalue weighted by molar-refractivity contribution is -0.150. The molecule has 54 heavy (non-hydrogen) atoms. The topological polar surface area (TPSA) is 153 Å². The molecule has 0 aliphatic heterocycles. The van der Waals surface area contributed by atoms with Gasteiger partial charge in [0.15, 0.2) is 5.84 Å².